The van der Waals surface area contributed by atoms with Crippen molar-refractivity contribution in [3.63, 3.8) is 0 Å². The number of carbonyl (C=O) groups excluding carboxylic acids is 2. The monoisotopic (exact) mass is 419 g/mol. The predicted molar refractivity (Wildman–Crippen MR) is 106 cm³/mol. The fraction of sp³-hybridized carbons (Fsp3) is 0.429. The molecule has 29 heavy (non-hydrogen) atoms. The molecule has 0 aliphatic carbocycles. The number of hydrogen-bond acceptors (Lipinski definition) is 6. The number of sulfone groups is 1. The second kappa shape index (κ2) is 8.82. The zero-order chi connectivity index (χ0) is 21.0. The summed E-state index contributed by atoms with van der Waals surface area (Å²) in [5.74, 6) is -1.03. The van der Waals surface area contributed by atoms with E-state index in [1.807, 2.05) is 0 Å². The van der Waals surface area contributed by atoms with Gasteiger partial charge in [0, 0.05) is 13.1 Å². The van der Waals surface area contributed by atoms with E-state index in [0.29, 0.717) is 31.6 Å². The van der Waals surface area contributed by atoms with Crippen LogP contribution in [0.4, 0.5) is 0 Å². The Morgan fingerprint density at radius 1 is 1.21 bits per heavy atom. The molecule has 0 saturated carbocycles. The number of ether oxygens (including phenoxy) is 1. The van der Waals surface area contributed by atoms with Crippen molar-refractivity contribution in [2.45, 2.75) is 37.3 Å². The van der Waals surface area contributed by atoms with Crippen molar-refractivity contribution < 1.29 is 27.2 Å². The van der Waals surface area contributed by atoms with E-state index in [9.17, 15) is 18.0 Å². The molecule has 7 nitrogen and oxygen atoms in total. The van der Waals surface area contributed by atoms with Crippen molar-refractivity contribution in [3.05, 3.63) is 53.5 Å². The molecule has 1 aromatic carbocycles. The molecular weight excluding hydrogens is 394 g/mol. The third-order valence-corrected chi connectivity index (χ3v) is 6.75. The predicted octanol–water partition coefficient (Wildman–Crippen LogP) is 2.98. The quantitative estimate of drug-likeness (QED) is 0.668. The minimum atomic E-state index is -3.59. The van der Waals surface area contributed by atoms with Crippen molar-refractivity contribution in [1.29, 1.82) is 0 Å². The van der Waals surface area contributed by atoms with Crippen molar-refractivity contribution in [1.82, 2.24) is 4.90 Å². The van der Waals surface area contributed by atoms with E-state index in [-0.39, 0.29) is 46.5 Å². The number of aryl methyl sites for hydroxylation is 1. The SMILES string of the molecule is CCOC(=O)[C@H]1CCCN(C(=O)c2ccc(CS(=O)(=O)c3ccccc3C)o2)C1. The van der Waals surface area contributed by atoms with E-state index in [4.69, 9.17) is 9.15 Å². The fourth-order valence-corrected chi connectivity index (χ4v) is 5.04. The summed E-state index contributed by atoms with van der Waals surface area (Å²) in [5, 5.41) is 0. The summed E-state index contributed by atoms with van der Waals surface area (Å²) in [6.45, 7) is 4.58. The van der Waals surface area contributed by atoms with Crippen LogP contribution in [0.5, 0.6) is 0 Å². The molecule has 8 heteroatoms. The maximum Gasteiger partial charge on any atom is 0.310 e. The van der Waals surface area contributed by atoms with E-state index in [1.165, 1.54) is 12.1 Å². The summed E-state index contributed by atoms with van der Waals surface area (Å²) in [6.07, 6.45) is 1.38. The Bertz CT molecular complexity index is 994. The van der Waals surface area contributed by atoms with Gasteiger partial charge < -0.3 is 14.1 Å². The van der Waals surface area contributed by atoms with Gasteiger partial charge in [0.25, 0.3) is 5.91 Å². The lowest BCUT2D eigenvalue weighted by Crippen LogP contribution is -2.42. The van der Waals surface area contributed by atoms with E-state index in [0.717, 1.165) is 0 Å². The van der Waals surface area contributed by atoms with Crippen LogP contribution < -0.4 is 0 Å². The lowest BCUT2D eigenvalue weighted by Gasteiger charge is -2.30. The molecular formula is C21H25NO6S. The maximum absolute atomic E-state index is 12.8. The Morgan fingerprint density at radius 3 is 2.69 bits per heavy atom. The Morgan fingerprint density at radius 2 is 1.97 bits per heavy atom. The van der Waals surface area contributed by atoms with Gasteiger partial charge in [0.15, 0.2) is 15.6 Å². The first-order valence-corrected chi connectivity index (χ1v) is 11.3. The van der Waals surface area contributed by atoms with E-state index in [2.05, 4.69) is 0 Å². The molecule has 1 atom stereocenters. The van der Waals surface area contributed by atoms with Gasteiger partial charge in [-0.2, -0.15) is 0 Å². The smallest absolute Gasteiger partial charge is 0.310 e. The van der Waals surface area contributed by atoms with Gasteiger partial charge in [-0.15, -0.1) is 0 Å². The summed E-state index contributed by atoms with van der Waals surface area (Å²) in [5.41, 5.74) is 0.661. The van der Waals surface area contributed by atoms with Gasteiger partial charge in [-0.3, -0.25) is 9.59 Å². The van der Waals surface area contributed by atoms with Gasteiger partial charge in [0.1, 0.15) is 11.5 Å². The molecule has 1 amide bonds. The standard InChI is InChI=1S/C21H25NO6S/c1-3-27-21(24)16-8-6-12-22(13-16)20(23)18-11-10-17(28-18)14-29(25,26)19-9-5-4-7-15(19)2/h4-5,7,9-11,16H,3,6,8,12-14H2,1-2H3/t16-/m0/s1. The lowest BCUT2D eigenvalue weighted by molar-refractivity contribution is -0.149. The fourth-order valence-electron chi connectivity index (χ4n) is 3.51. The minimum absolute atomic E-state index is 0.0736. The average molecular weight is 419 g/mol. The van der Waals surface area contributed by atoms with Crippen LogP contribution in [0.15, 0.2) is 45.7 Å². The van der Waals surface area contributed by atoms with Crippen molar-refractivity contribution >= 4 is 21.7 Å². The van der Waals surface area contributed by atoms with Crippen molar-refractivity contribution in [2.24, 2.45) is 5.92 Å². The number of amides is 1. The first-order chi connectivity index (χ1) is 13.8. The number of likely N-dealkylation sites (tertiary alicyclic amines) is 1. The highest BCUT2D eigenvalue weighted by Crippen LogP contribution is 2.23. The summed E-state index contributed by atoms with van der Waals surface area (Å²) in [7, 11) is -3.59. The molecule has 1 fully saturated rings. The molecule has 2 aromatic rings. The molecule has 0 radical (unpaired) electrons. The number of hydrogen-bond donors (Lipinski definition) is 0. The Balaban J connectivity index is 1.70. The molecule has 1 aromatic heterocycles. The van der Waals surface area contributed by atoms with Crippen molar-refractivity contribution in [3.8, 4) is 0 Å². The molecule has 0 unspecified atom stereocenters. The highest BCUT2D eigenvalue weighted by molar-refractivity contribution is 7.90. The van der Waals surface area contributed by atoms with Crippen LogP contribution in [-0.2, 0) is 25.1 Å². The number of rotatable bonds is 6. The second-order valence-corrected chi connectivity index (χ2v) is 9.09. The minimum Gasteiger partial charge on any atom is -0.466 e. The van der Waals surface area contributed by atoms with Crippen LogP contribution in [-0.4, -0.2) is 44.9 Å². The average Bonchev–Trinajstić information content (AvgIpc) is 3.15. The van der Waals surface area contributed by atoms with Gasteiger partial charge >= 0.3 is 5.97 Å². The van der Waals surface area contributed by atoms with Gasteiger partial charge in [-0.25, -0.2) is 8.42 Å². The first-order valence-electron chi connectivity index (χ1n) is 9.65. The topological polar surface area (TPSA) is 93.9 Å². The molecule has 156 valence electrons. The lowest BCUT2D eigenvalue weighted by atomic mass is 9.98. The molecule has 1 aliphatic rings. The third-order valence-electron chi connectivity index (χ3n) is 4.96. The van der Waals surface area contributed by atoms with Crippen LogP contribution >= 0.6 is 0 Å². The first kappa shape index (κ1) is 21.1. The zero-order valence-electron chi connectivity index (χ0n) is 16.6. The van der Waals surface area contributed by atoms with E-state index < -0.39 is 9.84 Å². The number of benzene rings is 1. The highest BCUT2D eigenvalue weighted by atomic mass is 32.2. The molecule has 0 bridgehead atoms. The van der Waals surface area contributed by atoms with Gasteiger partial charge in [0.2, 0.25) is 0 Å². The summed E-state index contributed by atoms with van der Waals surface area (Å²) >= 11 is 0. The largest absolute Gasteiger partial charge is 0.466 e. The Labute approximate surface area is 170 Å². The van der Waals surface area contributed by atoms with Crippen molar-refractivity contribution in [2.75, 3.05) is 19.7 Å². The molecule has 0 spiro atoms. The highest BCUT2D eigenvalue weighted by Gasteiger charge is 2.31. The normalized spacial score (nSPS) is 17.2. The number of carbonyl (C=O) groups is 2. The molecule has 3 rings (SSSR count). The zero-order valence-corrected chi connectivity index (χ0v) is 17.4. The van der Waals surface area contributed by atoms with Gasteiger partial charge in [-0.05, 0) is 50.5 Å². The second-order valence-electron chi connectivity index (χ2n) is 7.13. The summed E-state index contributed by atoms with van der Waals surface area (Å²) in [6, 6.07) is 9.74. The Kier molecular flexibility index (Phi) is 6.42. The van der Waals surface area contributed by atoms with Crippen LogP contribution in [0.25, 0.3) is 0 Å². The maximum atomic E-state index is 12.8. The Hall–Kier alpha value is -2.61. The van der Waals surface area contributed by atoms with Gasteiger partial charge in [-0.1, -0.05) is 18.2 Å². The van der Waals surface area contributed by atoms with E-state index >= 15 is 0 Å². The third kappa shape index (κ3) is 4.87. The van der Waals surface area contributed by atoms with Crippen LogP contribution in [0.1, 0.15) is 41.6 Å². The molecule has 0 N–H and O–H groups in total. The van der Waals surface area contributed by atoms with Crippen LogP contribution in [0.3, 0.4) is 0 Å². The van der Waals surface area contributed by atoms with E-state index in [1.54, 1.807) is 43.0 Å². The van der Waals surface area contributed by atoms with Gasteiger partial charge in [0.05, 0.1) is 17.4 Å². The molecule has 1 saturated heterocycles. The summed E-state index contributed by atoms with van der Waals surface area (Å²) < 4.78 is 36.0. The molecule has 2 heterocycles. The number of nitrogens with zero attached hydrogens (tertiary/aromatic N) is 1. The van der Waals surface area contributed by atoms with Crippen LogP contribution in [0, 0.1) is 12.8 Å². The number of esters is 1. The van der Waals surface area contributed by atoms with Crippen LogP contribution in [0.2, 0.25) is 0 Å². The number of furan rings is 1. The summed E-state index contributed by atoms with van der Waals surface area (Å²) in [4.78, 5) is 26.5. The molecule has 1 aliphatic heterocycles. The number of piperidine rings is 1.